The van der Waals surface area contributed by atoms with Crippen molar-refractivity contribution in [3.05, 3.63) is 17.0 Å². The number of thiophene rings is 1. The van der Waals surface area contributed by atoms with Crippen molar-refractivity contribution < 1.29 is 17.9 Å². The van der Waals surface area contributed by atoms with Gasteiger partial charge in [-0.15, -0.1) is 17.3 Å². The van der Waals surface area contributed by atoms with Crippen LogP contribution in [0.5, 0.6) is 0 Å². The first kappa shape index (κ1) is 18.7. The minimum absolute atomic E-state index is 0.200. The highest BCUT2D eigenvalue weighted by molar-refractivity contribution is 7.91. The number of ether oxygens (including phenoxy) is 1. The van der Waals surface area contributed by atoms with Crippen LogP contribution in [0, 0.1) is 11.8 Å². The van der Waals surface area contributed by atoms with E-state index in [4.69, 9.17) is 4.74 Å². The topological polar surface area (TPSA) is 63.7 Å². The van der Waals surface area contributed by atoms with Crippen molar-refractivity contribution in [2.24, 2.45) is 0 Å². The van der Waals surface area contributed by atoms with Crippen LogP contribution in [-0.4, -0.2) is 37.9 Å². The largest absolute Gasteiger partial charge is 0.459 e. The second-order valence-corrected chi connectivity index (χ2v) is 8.91. The van der Waals surface area contributed by atoms with Gasteiger partial charge in [-0.25, -0.2) is 8.42 Å². The summed E-state index contributed by atoms with van der Waals surface area (Å²) in [7, 11) is -2.33. The second kappa shape index (κ2) is 7.27. The minimum atomic E-state index is -3.69. The average Bonchev–Trinajstić information content (AvgIpc) is 2.83. The Bertz CT molecular complexity index is 687. The third-order valence-corrected chi connectivity index (χ3v) is 5.80. The molecule has 0 fully saturated rings. The lowest BCUT2D eigenvalue weighted by Crippen LogP contribution is -2.35. The summed E-state index contributed by atoms with van der Waals surface area (Å²) in [5, 5.41) is 1.76. The Kier molecular flexibility index (Phi) is 6.17. The molecule has 0 aliphatic heterocycles. The summed E-state index contributed by atoms with van der Waals surface area (Å²) in [5.74, 6) is 5.08. The van der Waals surface area contributed by atoms with Crippen molar-refractivity contribution in [3.63, 3.8) is 0 Å². The molecule has 0 saturated heterocycles. The highest BCUT2D eigenvalue weighted by Gasteiger charge is 2.26. The molecule has 1 heterocycles. The Labute approximate surface area is 136 Å². The zero-order valence-electron chi connectivity index (χ0n) is 13.5. The molecule has 0 aliphatic carbocycles. The van der Waals surface area contributed by atoms with Gasteiger partial charge in [0.25, 0.3) is 10.0 Å². The summed E-state index contributed by atoms with van der Waals surface area (Å²) < 4.78 is 31.2. The van der Waals surface area contributed by atoms with Crippen LogP contribution in [0.3, 0.4) is 0 Å². The molecule has 122 valence electrons. The zero-order valence-corrected chi connectivity index (χ0v) is 15.1. The molecule has 0 bridgehead atoms. The van der Waals surface area contributed by atoms with E-state index >= 15 is 0 Å². The lowest BCUT2D eigenvalue weighted by atomic mass is 10.2. The Balaban J connectivity index is 2.82. The summed E-state index contributed by atoms with van der Waals surface area (Å²) in [4.78, 5) is 11.8. The first-order valence-corrected chi connectivity index (χ1v) is 9.03. The number of rotatable bonds is 5. The molecule has 0 aromatic carbocycles. The van der Waals surface area contributed by atoms with Gasteiger partial charge in [-0.2, -0.15) is 4.31 Å². The standard InChI is InChI=1S/C15H21NO4S2/c1-6-7-8-12-9-14(21-11-12)22(18,19)16(5)10-13(17)20-15(2,3)4/h9,11H,8,10H2,1-5H3. The third kappa shape index (κ3) is 5.44. The number of sulfonamides is 1. The van der Waals surface area contributed by atoms with Crippen LogP contribution in [0.25, 0.3) is 0 Å². The highest BCUT2D eigenvalue weighted by Crippen LogP contribution is 2.23. The fourth-order valence-electron chi connectivity index (χ4n) is 1.57. The number of carbonyl (C=O) groups excluding carboxylic acids is 1. The lowest BCUT2D eigenvalue weighted by molar-refractivity contribution is -0.154. The predicted octanol–water partition coefficient (Wildman–Crippen LogP) is 2.28. The predicted molar refractivity (Wildman–Crippen MR) is 87.1 cm³/mol. The number of carbonyl (C=O) groups is 1. The van der Waals surface area contributed by atoms with Gasteiger partial charge >= 0.3 is 5.97 Å². The van der Waals surface area contributed by atoms with Crippen molar-refractivity contribution in [3.8, 4) is 11.8 Å². The number of hydrogen-bond donors (Lipinski definition) is 0. The van der Waals surface area contributed by atoms with Crippen molar-refractivity contribution in [1.29, 1.82) is 0 Å². The van der Waals surface area contributed by atoms with Gasteiger partial charge in [0.1, 0.15) is 16.4 Å². The fourth-order valence-corrected chi connectivity index (χ4v) is 4.10. The molecular weight excluding hydrogens is 322 g/mol. The maximum absolute atomic E-state index is 12.4. The van der Waals surface area contributed by atoms with Crippen LogP contribution in [0.2, 0.25) is 0 Å². The van der Waals surface area contributed by atoms with Gasteiger partial charge in [-0.05, 0) is 44.7 Å². The molecule has 5 nitrogen and oxygen atoms in total. The monoisotopic (exact) mass is 343 g/mol. The molecular formula is C15H21NO4S2. The van der Waals surface area contributed by atoms with E-state index in [9.17, 15) is 13.2 Å². The van der Waals surface area contributed by atoms with Crippen LogP contribution in [0.4, 0.5) is 0 Å². The minimum Gasteiger partial charge on any atom is -0.459 e. The molecule has 0 atom stereocenters. The molecule has 1 aromatic heterocycles. The molecule has 0 aliphatic rings. The summed E-state index contributed by atoms with van der Waals surface area (Å²) in [6, 6.07) is 1.59. The SMILES string of the molecule is CC#CCc1csc(S(=O)(=O)N(C)CC(=O)OC(C)(C)C)c1. The molecule has 0 unspecified atom stereocenters. The van der Waals surface area contributed by atoms with Crippen molar-refractivity contribution >= 4 is 27.3 Å². The smallest absolute Gasteiger partial charge is 0.321 e. The van der Waals surface area contributed by atoms with E-state index in [-0.39, 0.29) is 10.8 Å². The maximum atomic E-state index is 12.4. The molecule has 0 spiro atoms. The number of nitrogens with zero attached hydrogens (tertiary/aromatic N) is 1. The van der Waals surface area contributed by atoms with Crippen molar-refractivity contribution in [2.45, 2.75) is 43.9 Å². The van der Waals surface area contributed by atoms with Gasteiger partial charge in [-0.1, -0.05) is 5.92 Å². The molecule has 7 heteroatoms. The Hall–Kier alpha value is -1.36. The normalized spacial score (nSPS) is 11.9. The maximum Gasteiger partial charge on any atom is 0.321 e. The van der Waals surface area contributed by atoms with Gasteiger partial charge in [0.15, 0.2) is 0 Å². The van der Waals surface area contributed by atoms with Gasteiger partial charge in [0.2, 0.25) is 0 Å². The first-order valence-electron chi connectivity index (χ1n) is 6.71. The van der Waals surface area contributed by atoms with E-state index in [1.54, 1.807) is 39.1 Å². The molecule has 0 N–H and O–H groups in total. The second-order valence-electron chi connectivity index (χ2n) is 5.73. The summed E-state index contributed by atoms with van der Waals surface area (Å²) in [6.07, 6.45) is 0.512. The Morgan fingerprint density at radius 3 is 2.59 bits per heavy atom. The number of likely N-dealkylation sites (N-methyl/N-ethyl adjacent to an activating group) is 1. The molecule has 0 saturated carbocycles. The van der Waals surface area contributed by atoms with E-state index < -0.39 is 21.6 Å². The van der Waals surface area contributed by atoms with E-state index in [1.165, 1.54) is 7.05 Å². The first-order chi connectivity index (χ1) is 10.1. The molecule has 1 rings (SSSR count). The van der Waals surface area contributed by atoms with E-state index in [2.05, 4.69) is 11.8 Å². The Morgan fingerprint density at radius 1 is 1.41 bits per heavy atom. The molecule has 1 aromatic rings. The van der Waals surface area contributed by atoms with Crippen LogP contribution in [0.1, 0.15) is 33.3 Å². The Morgan fingerprint density at radius 2 is 2.05 bits per heavy atom. The van der Waals surface area contributed by atoms with Gasteiger partial charge < -0.3 is 4.74 Å². The summed E-state index contributed by atoms with van der Waals surface area (Å²) in [5.41, 5.74) is 0.208. The molecule has 0 radical (unpaired) electrons. The van der Waals surface area contributed by atoms with Gasteiger partial charge in [0.05, 0.1) is 0 Å². The van der Waals surface area contributed by atoms with Gasteiger partial charge in [0, 0.05) is 13.5 Å². The van der Waals surface area contributed by atoms with Crippen LogP contribution in [0.15, 0.2) is 15.7 Å². The summed E-state index contributed by atoms with van der Waals surface area (Å²) in [6.45, 7) is 6.62. The quantitative estimate of drug-likeness (QED) is 0.608. The zero-order chi connectivity index (χ0) is 17.0. The van der Waals surface area contributed by atoms with Crippen molar-refractivity contribution in [1.82, 2.24) is 4.31 Å². The third-order valence-electron chi connectivity index (χ3n) is 2.54. The van der Waals surface area contributed by atoms with Gasteiger partial charge in [-0.3, -0.25) is 4.79 Å². The molecule has 22 heavy (non-hydrogen) atoms. The highest BCUT2D eigenvalue weighted by atomic mass is 32.2. The van der Waals surface area contributed by atoms with Crippen LogP contribution >= 0.6 is 11.3 Å². The lowest BCUT2D eigenvalue weighted by Gasteiger charge is -2.22. The number of esters is 1. The van der Waals surface area contributed by atoms with Crippen LogP contribution < -0.4 is 0 Å². The van der Waals surface area contributed by atoms with Crippen molar-refractivity contribution in [2.75, 3.05) is 13.6 Å². The van der Waals surface area contributed by atoms with E-state index in [1.807, 2.05) is 0 Å². The fraction of sp³-hybridized carbons (Fsp3) is 0.533. The van der Waals surface area contributed by atoms with E-state index in [0.717, 1.165) is 21.2 Å². The molecule has 0 amide bonds. The van der Waals surface area contributed by atoms with E-state index in [0.29, 0.717) is 6.42 Å². The average molecular weight is 343 g/mol. The van der Waals surface area contributed by atoms with Crippen LogP contribution in [-0.2, 0) is 26.0 Å². The number of hydrogen-bond acceptors (Lipinski definition) is 5. The summed E-state index contributed by atoms with van der Waals surface area (Å²) >= 11 is 1.13.